The lowest BCUT2D eigenvalue weighted by atomic mass is 9.78. The van der Waals surface area contributed by atoms with Crippen LogP contribution in [0.1, 0.15) is 38.8 Å². The summed E-state index contributed by atoms with van der Waals surface area (Å²) in [5, 5.41) is 0. The largest absolute Gasteiger partial charge is 0.342 e. The third-order valence-electron chi connectivity index (χ3n) is 4.87. The van der Waals surface area contributed by atoms with Crippen LogP contribution in [-0.4, -0.2) is 28.7 Å². The summed E-state index contributed by atoms with van der Waals surface area (Å²) >= 11 is 0. The number of imidazole rings is 1. The van der Waals surface area contributed by atoms with Gasteiger partial charge in [0.25, 0.3) is 0 Å². The molecule has 4 nitrogen and oxygen atoms in total. The summed E-state index contributed by atoms with van der Waals surface area (Å²) in [6.45, 7) is 9.91. The minimum atomic E-state index is 0.397. The second kappa shape index (κ2) is 5.40. The number of aromatic nitrogens is 2. The zero-order valence-corrected chi connectivity index (χ0v) is 13.0. The van der Waals surface area contributed by atoms with Crippen molar-refractivity contribution in [2.24, 2.45) is 23.5 Å². The van der Waals surface area contributed by atoms with Crippen molar-refractivity contribution < 1.29 is 0 Å². The Morgan fingerprint density at radius 3 is 2.85 bits per heavy atom. The molecule has 2 fully saturated rings. The van der Waals surface area contributed by atoms with Crippen LogP contribution in [0, 0.1) is 24.7 Å². The quantitative estimate of drug-likeness (QED) is 0.922. The Hall–Kier alpha value is -1.03. The molecule has 1 aliphatic carbocycles. The second-order valence-corrected chi connectivity index (χ2v) is 7.15. The Balaban J connectivity index is 1.80. The van der Waals surface area contributed by atoms with Crippen LogP contribution in [0.4, 0.5) is 5.95 Å². The van der Waals surface area contributed by atoms with Gasteiger partial charge in [-0.2, -0.15) is 0 Å². The Morgan fingerprint density at radius 1 is 1.35 bits per heavy atom. The normalized spacial score (nSPS) is 30.1. The van der Waals surface area contributed by atoms with E-state index in [1.165, 1.54) is 19.3 Å². The van der Waals surface area contributed by atoms with Gasteiger partial charge in [-0.05, 0) is 37.5 Å². The minimum absolute atomic E-state index is 0.397. The van der Waals surface area contributed by atoms with Gasteiger partial charge >= 0.3 is 0 Å². The Bertz CT molecular complexity index is 465. The van der Waals surface area contributed by atoms with E-state index >= 15 is 0 Å². The standard InChI is InChI=1S/C16H28N4/c1-11(2)7-19-8-12(3)18-16(19)20-9-13-5-4-6-15(17)14(13)10-20/h8,11,13-15H,4-7,9-10,17H2,1-3H3. The van der Waals surface area contributed by atoms with Crippen molar-refractivity contribution in [3.8, 4) is 0 Å². The molecule has 1 saturated heterocycles. The van der Waals surface area contributed by atoms with Gasteiger partial charge in [0.05, 0.1) is 5.69 Å². The number of hydrogen-bond donors (Lipinski definition) is 1. The van der Waals surface area contributed by atoms with Crippen LogP contribution in [0.5, 0.6) is 0 Å². The maximum Gasteiger partial charge on any atom is 0.205 e. The van der Waals surface area contributed by atoms with E-state index < -0.39 is 0 Å². The maximum atomic E-state index is 6.33. The molecular weight excluding hydrogens is 248 g/mol. The van der Waals surface area contributed by atoms with E-state index in [0.717, 1.165) is 37.2 Å². The van der Waals surface area contributed by atoms with Crippen LogP contribution in [0.2, 0.25) is 0 Å². The topological polar surface area (TPSA) is 47.1 Å². The van der Waals surface area contributed by atoms with Crippen LogP contribution in [0.15, 0.2) is 6.20 Å². The molecule has 2 heterocycles. The molecule has 4 heteroatoms. The lowest BCUT2D eigenvalue weighted by molar-refractivity contribution is 0.260. The number of anilines is 1. The zero-order valence-electron chi connectivity index (χ0n) is 13.0. The molecule has 2 aliphatic rings. The van der Waals surface area contributed by atoms with E-state index in [2.05, 4.69) is 36.4 Å². The summed E-state index contributed by atoms with van der Waals surface area (Å²) in [6.07, 6.45) is 6.04. The van der Waals surface area contributed by atoms with Gasteiger partial charge in [0, 0.05) is 31.9 Å². The van der Waals surface area contributed by atoms with Crippen molar-refractivity contribution in [3.05, 3.63) is 11.9 Å². The second-order valence-electron chi connectivity index (χ2n) is 7.15. The molecule has 3 rings (SSSR count). The van der Waals surface area contributed by atoms with E-state index in [4.69, 9.17) is 10.7 Å². The van der Waals surface area contributed by atoms with E-state index in [9.17, 15) is 0 Å². The van der Waals surface area contributed by atoms with Gasteiger partial charge < -0.3 is 15.2 Å². The molecule has 1 aliphatic heterocycles. The number of fused-ring (bicyclic) bond motifs is 1. The molecule has 2 N–H and O–H groups in total. The van der Waals surface area contributed by atoms with Crippen molar-refractivity contribution in [2.45, 2.75) is 52.6 Å². The highest BCUT2D eigenvalue weighted by molar-refractivity contribution is 5.36. The smallest absolute Gasteiger partial charge is 0.205 e. The maximum absolute atomic E-state index is 6.33. The summed E-state index contributed by atoms with van der Waals surface area (Å²) in [7, 11) is 0. The summed E-state index contributed by atoms with van der Waals surface area (Å²) in [4.78, 5) is 7.26. The zero-order chi connectivity index (χ0) is 14.3. The third-order valence-corrected chi connectivity index (χ3v) is 4.87. The van der Waals surface area contributed by atoms with Gasteiger partial charge in [0.2, 0.25) is 5.95 Å². The first-order valence-corrected chi connectivity index (χ1v) is 8.09. The molecule has 0 spiro atoms. The highest BCUT2D eigenvalue weighted by atomic mass is 15.3. The molecule has 1 aromatic heterocycles. The fourth-order valence-electron chi connectivity index (χ4n) is 3.99. The first-order valence-electron chi connectivity index (χ1n) is 8.09. The number of nitrogens with two attached hydrogens (primary N) is 1. The molecule has 1 aromatic rings. The van der Waals surface area contributed by atoms with E-state index in [1.807, 2.05) is 0 Å². The first-order chi connectivity index (χ1) is 9.54. The summed E-state index contributed by atoms with van der Waals surface area (Å²) in [5.74, 6) is 3.27. The molecule has 3 atom stereocenters. The van der Waals surface area contributed by atoms with Crippen LogP contribution >= 0.6 is 0 Å². The van der Waals surface area contributed by atoms with Gasteiger partial charge in [-0.3, -0.25) is 0 Å². The number of hydrogen-bond acceptors (Lipinski definition) is 3. The van der Waals surface area contributed by atoms with Crippen LogP contribution in [-0.2, 0) is 6.54 Å². The van der Waals surface area contributed by atoms with Crippen LogP contribution in [0.3, 0.4) is 0 Å². The number of nitrogens with zero attached hydrogens (tertiary/aromatic N) is 3. The third kappa shape index (κ3) is 2.58. The molecule has 112 valence electrons. The minimum Gasteiger partial charge on any atom is -0.342 e. The van der Waals surface area contributed by atoms with E-state index in [0.29, 0.717) is 17.9 Å². The Labute approximate surface area is 122 Å². The van der Waals surface area contributed by atoms with Crippen molar-refractivity contribution in [3.63, 3.8) is 0 Å². The average Bonchev–Trinajstić information content (AvgIpc) is 2.93. The number of rotatable bonds is 3. The summed E-state index contributed by atoms with van der Waals surface area (Å²) < 4.78 is 2.34. The molecule has 1 saturated carbocycles. The van der Waals surface area contributed by atoms with Gasteiger partial charge in [0.1, 0.15) is 0 Å². The molecule has 3 unspecified atom stereocenters. The molecular formula is C16H28N4. The van der Waals surface area contributed by atoms with Gasteiger partial charge in [-0.15, -0.1) is 0 Å². The predicted molar refractivity (Wildman–Crippen MR) is 82.8 cm³/mol. The molecule has 0 amide bonds. The molecule has 0 aromatic carbocycles. The van der Waals surface area contributed by atoms with Crippen molar-refractivity contribution in [1.29, 1.82) is 0 Å². The number of aryl methyl sites for hydroxylation is 1. The fraction of sp³-hybridized carbons (Fsp3) is 0.812. The van der Waals surface area contributed by atoms with Crippen LogP contribution in [0.25, 0.3) is 0 Å². The highest BCUT2D eigenvalue weighted by Crippen LogP contribution is 2.37. The predicted octanol–water partition coefficient (Wildman–Crippen LogP) is 2.41. The van der Waals surface area contributed by atoms with E-state index in [-0.39, 0.29) is 0 Å². The fourth-order valence-corrected chi connectivity index (χ4v) is 3.99. The van der Waals surface area contributed by atoms with Gasteiger partial charge in [0.15, 0.2) is 0 Å². The lowest BCUT2D eigenvalue weighted by Crippen LogP contribution is -2.38. The Morgan fingerprint density at radius 2 is 2.15 bits per heavy atom. The lowest BCUT2D eigenvalue weighted by Gasteiger charge is -2.29. The summed E-state index contributed by atoms with van der Waals surface area (Å²) in [6, 6.07) is 0.397. The Kier molecular flexibility index (Phi) is 3.76. The molecule has 0 radical (unpaired) electrons. The van der Waals surface area contributed by atoms with Gasteiger partial charge in [-0.25, -0.2) is 4.98 Å². The molecule has 0 bridgehead atoms. The van der Waals surface area contributed by atoms with Crippen molar-refractivity contribution in [1.82, 2.24) is 9.55 Å². The monoisotopic (exact) mass is 276 g/mol. The van der Waals surface area contributed by atoms with Crippen molar-refractivity contribution in [2.75, 3.05) is 18.0 Å². The SMILES string of the molecule is Cc1cn(CC(C)C)c(N2CC3CCCC(N)C3C2)n1. The van der Waals surface area contributed by atoms with E-state index in [1.54, 1.807) is 0 Å². The highest BCUT2D eigenvalue weighted by Gasteiger charge is 2.39. The van der Waals surface area contributed by atoms with Crippen LogP contribution < -0.4 is 10.6 Å². The van der Waals surface area contributed by atoms with Gasteiger partial charge in [-0.1, -0.05) is 20.3 Å². The average molecular weight is 276 g/mol. The first kappa shape index (κ1) is 13.9. The van der Waals surface area contributed by atoms with Crippen molar-refractivity contribution >= 4 is 5.95 Å². The molecule has 20 heavy (non-hydrogen) atoms. The summed E-state index contributed by atoms with van der Waals surface area (Å²) in [5.41, 5.74) is 7.46.